The average molecular weight is 402 g/mol. The fourth-order valence-electron chi connectivity index (χ4n) is 3.30. The zero-order valence-corrected chi connectivity index (χ0v) is 14.6. The van der Waals surface area contributed by atoms with Gasteiger partial charge in [0.15, 0.2) is 0 Å². The maximum Gasteiger partial charge on any atom is 0.416 e. The predicted molar refractivity (Wildman–Crippen MR) is 96.0 cm³/mol. The van der Waals surface area contributed by atoms with E-state index in [9.17, 15) is 33.2 Å². The highest BCUT2D eigenvalue weighted by molar-refractivity contribution is 5.85. The molecule has 148 valence electrons. The molecule has 7 nitrogen and oxygen atoms in total. The zero-order chi connectivity index (χ0) is 20.9. The van der Waals surface area contributed by atoms with Crippen LogP contribution in [0.5, 0.6) is 5.75 Å². The summed E-state index contributed by atoms with van der Waals surface area (Å²) in [5.74, 6) is -0.528. The van der Waals surface area contributed by atoms with Crippen LogP contribution in [0.3, 0.4) is 0 Å². The minimum absolute atomic E-state index is 0.0781. The molecule has 1 aliphatic heterocycles. The molecule has 0 bridgehead atoms. The van der Waals surface area contributed by atoms with Crippen LogP contribution in [-0.2, 0) is 12.7 Å². The van der Waals surface area contributed by atoms with Crippen molar-refractivity contribution in [2.75, 3.05) is 0 Å². The van der Waals surface area contributed by atoms with Gasteiger partial charge in [-0.15, -0.1) is 0 Å². The highest BCUT2D eigenvalue weighted by Gasteiger charge is 2.31. The van der Waals surface area contributed by atoms with Crippen LogP contribution in [-0.4, -0.2) is 14.5 Å². The number of nitro benzene ring substituents is 1. The number of nitrogens with zero attached hydrogens (tertiary/aromatic N) is 3. The lowest BCUT2D eigenvalue weighted by Crippen LogP contribution is -2.21. The Morgan fingerprint density at radius 2 is 1.93 bits per heavy atom. The van der Waals surface area contributed by atoms with Gasteiger partial charge in [0.25, 0.3) is 11.2 Å². The zero-order valence-electron chi connectivity index (χ0n) is 14.6. The van der Waals surface area contributed by atoms with Crippen LogP contribution in [0.1, 0.15) is 23.4 Å². The van der Waals surface area contributed by atoms with Crippen molar-refractivity contribution < 1.29 is 23.2 Å². The summed E-state index contributed by atoms with van der Waals surface area (Å²) in [5, 5.41) is 22.6. The van der Waals surface area contributed by atoms with Crippen molar-refractivity contribution in [2.45, 2.75) is 19.1 Å². The van der Waals surface area contributed by atoms with Crippen LogP contribution < -0.4 is 10.7 Å². The highest BCUT2D eigenvalue weighted by atomic mass is 19.4. The van der Waals surface area contributed by atoms with Gasteiger partial charge in [0.2, 0.25) is 0 Å². The first-order valence-electron chi connectivity index (χ1n) is 8.43. The van der Waals surface area contributed by atoms with E-state index in [1.54, 1.807) is 0 Å². The Balaban J connectivity index is 1.86. The molecule has 0 saturated heterocycles. The van der Waals surface area contributed by atoms with Crippen LogP contribution >= 0.6 is 0 Å². The third-order valence-corrected chi connectivity index (χ3v) is 4.70. The van der Waals surface area contributed by atoms with Gasteiger partial charge in [-0.1, -0.05) is 12.1 Å². The molecule has 0 aliphatic carbocycles. The topological polar surface area (TPSA) is 101 Å². The third-order valence-electron chi connectivity index (χ3n) is 4.70. The molecule has 4 rings (SSSR count). The molecule has 0 atom stereocenters. The van der Waals surface area contributed by atoms with Gasteiger partial charge >= 0.3 is 6.18 Å². The first-order chi connectivity index (χ1) is 13.6. The lowest BCUT2D eigenvalue weighted by atomic mass is 10.1. The number of halogens is 3. The second-order valence-corrected chi connectivity index (χ2v) is 6.53. The van der Waals surface area contributed by atoms with Gasteiger partial charge in [-0.2, -0.15) is 13.2 Å². The molecule has 0 unspecified atom stereocenters. The third kappa shape index (κ3) is 3.22. The number of rotatable bonds is 2. The van der Waals surface area contributed by atoms with Crippen LogP contribution in [0, 0.1) is 10.1 Å². The van der Waals surface area contributed by atoms with Crippen LogP contribution in [0.25, 0.3) is 22.6 Å². The van der Waals surface area contributed by atoms with Gasteiger partial charge in [0.05, 0.1) is 21.4 Å². The van der Waals surface area contributed by atoms with E-state index >= 15 is 0 Å². The molecular formula is C19H11F3N3O4-. The summed E-state index contributed by atoms with van der Waals surface area (Å²) in [5.41, 5.74) is -1.14. The Labute approximate surface area is 160 Å². The molecular weight excluding hydrogens is 391 g/mol. The standard InChI is InChI=1S/C19H12F3N3O4/c20-19(21,22)12-2-3-13-14(9-12)23-17-11(5-6-24(17)18(13)27)7-10-1-4-16(26)15(8-10)25(28)29/h1-4,7-9,26H,5-6H2/p-1/b11-7+. The van der Waals surface area contributed by atoms with Crippen LogP contribution in [0.4, 0.5) is 18.9 Å². The van der Waals surface area contributed by atoms with E-state index < -0.39 is 33.7 Å². The summed E-state index contributed by atoms with van der Waals surface area (Å²) in [7, 11) is 0. The van der Waals surface area contributed by atoms with Crippen LogP contribution in [0.2, 0.25) is 0 Å². The highest BCUT2D eigenvalue weighted by Crippen LogP contribution is 2.33. The van der Waals surface area contributed by atoms with Gasteiger partial charge in [-0.05, 0) is 47.6 Å². The van der Waals surface area contributed by atoms with Crippen molar-refractivity contribution in [3.8, 4) is 5.75 Å². The molecule has 0 fully saturated rings. The average Bonchev–Trinajstić information content (AvgIpc) is 3.05. The summed E-state index contributed by atoms with van der Waals surface area (Å²) in [4.78, 5) is 27.1. The number of aromatic nitrogens is 2. The number of allylic oxidation sites excluding steroid dienone is 1. The lowest BCUT2D eigenvalue weighted by Gasteiger charge is -2.10. The molecule has 10 heteroatoms. The van der Waals surface area contributed by atoms with Gasteiger partial charge < -0.3 is 5.11 Å². The molecule has 2 heterocycles. The van der Waals surface area contributed by atoms with E-state index in [4.69, 9.17) is 0 Å². The fourth-order valence-corrected chi connectivity index (χ4v) is 3.30. The largest absolute Gasteiger partial charge is 0.868 e. The molecule has 1 aliphatic rings. The molecule has 1 aromatic heterocycles. The van der Waals surface area contributed by atoms with Gasteiger partial charge in [-0.3, -0.25) is 19.5 Å². The monoisotopic (exact) mass is 402 g/mol. The first-order valence-corrected chi connectivity index (χ1v) is 8.43. The van der Waals surface area contributed by atoms with E-state index in [0.717, 1.165) is 30.3 Å². The van der Waals surface area contributed by atoms with E-state index in [2.05, 4.69) is 4.98 Å². The Morgan fingerprint density at radius 3 is 2.62 bits per heavy atom. The molecule has 0 N–H and O–H groups in total. The van der Waals surface area contributed by atoms with Crippen molar-refractivity contribution >= 4 is 28.2 Å². The molecule has 0 spiro atoms. The van der Waals surface area contributed by atoms with Crippen molar-refractivity contribution in [3.63, 3.8) is 0 Å². The summed E-state index contributed by atoms with van der Waals surface area (Å²) in [6, 6.07) is 6.35. The van der Waals surface area contributed by atoms with Gasteiger partial charge in [-0.25, -0.2) is 4.98 Å². The van der Waals surface area contributed by atoms with Crippen molar-refractivity contribution in [1.29, 1.82) is 0 Å². The number of fused-ring (bicyclic) bond motifs is 2. The summed E-state index contributed by atoms with van der Waals surface area (Å²) in [6.45, 7) is 0.283. The van der Waals surface area contributed by atoms with Crippen LogP contribution in [0.15, 0.2) is 41.2 Å². The molecule has 29 heavy (non-hydrogen) atoms. The summed E-state index contributed by atoms with van der Waals surface area (Å²) >= 11 is 0. The maximum atomic E-state index is 13.0. The lowest BCUT2D eigenvalue weighted by molar-refractivity contribution is -0.398. The minimum atomic E-state index is -4.57. The maximum absolute atomic E-state index is 13.0. The number of hydrogen-bond acceptors (Lipinski definition) is 5. The molecule has 2 aromatic carbocycles. The smallest absolute Gasteiger partial charge is 0.416 e. The van der Waals surface area contributed by atoms with E-state index in [1.165, 1.54) is 16.7 Å². The quantitative estimate of drug-likeness (QED) is 0.483. The molecule has 3 aromatic rings. The number of alkyl halides is 3. The fraction of sp³-hybridized carbons (Fsp3) is 0.158. The molecule has 0 saturated carbocycles. The first kappa shape index (κ1) is 18.7. The van der Waals surface area contributed by atoms with Crippen molar-refractivity contribution in [3.05, 3.63) is 73.8 Å². The van der Waals surface area contributed by atoms with Gasteiger partial charge in [0.1, 0.15) is 5.82 Å². The van der Waals surface area contributed by atoms with E-state index in [-0.39, 0.29) is 23.3 Å². The predicted octanol–water partition coefficient (Wildman–Crippen LogP) is 3.34. The Bertz CT molecular complexity index is 1260. The summed E-state index contributed by atoms with van der Waals surface area (Å²) < 4.78 is 40.3. The minimum Gasteiger partial charge on any atom is -0.868 e. The normalized spacial score (nSPS) is 15.1. The second kappa shape index (κ2) is 6.43. The van der Waals surface area contributed by atoms with E-state index in [0.29, 0.717) is 17.6 Å². The summed E-state index contributed by atoms with van der Waals surface area (Å²) in [6.07, 6.45) is -2.66. The van der Waals surface area contributed by atoms with Gasteiger partial charge in [0, 0.05) is 12.6 Å². The Morgan fingerprint density at radius 1 is 1.17 bits per heavy atom. The molecule has 0 amide bonds. The van der Waals surface area contributed by atoms with Crippen molar-refractivity contribution in [1.82, 2.24) is 9.55 Å². The van der Waals surface area contributed by atoms with Crippen molar-refractivity contribution in [2.24, 2.45) is 0 Å². The second-order valence-electron chi connectivity index (χ2n) is 6.53. The Hall–Kier alpha value is -3.69. The molecule has 0 radical (unpaired) electrons. The van der Waals surface area contributed by atoms with E-state index in [1.807, 2.05) is 0 Å². The number of hydrogen-bond donors (Lipinski definition) is 0. The Kier molecular flexibility index (Phi) is 4.14. The SMILES string of the molecule is O=c1c2ccc(C(F)(F)F)cc2nc2n1CC/C2=C\c1ccc([O-])c([N+](=O)[O-])c1. The number of benzene rings is 2. The number of nitro groups is 1.